The molecule has 0 saturated carbocycles. The van der Waals surface area contributed by atoms with Gasteiger partial charge < -0.3 is 10.6 Å². The molecule has 44 heavy (non-hydrogen) atoms. The molecule has 2 N–H and O–H groups in total. The Hall–Kier alpha value is -4.68. The van der Waals surface area contributed by atoms with Crippen LogP contribution in [0.25, 0.3) is 41.6 Å². The van der Waals surface area contributed by atoms with Crippen LogP contribution in [-0.2, 0) is 9.59 Å². The highest BCUT2D eigenvalue weighted by atomic mass is 32.1. The number of aryl methyl sites for hydroxylation is 2. The zero-order valence-corrected chi connectivity index (χ0v) is 24.8. The molecule has 6 rings (SSSR count). The van der Waals surface area contributed by atoms with Crippen LogP contribution in [0.5, 0.6) is 0 Å². The fourth-order valence-electron chi connectivity index (χ4n) is 4.41. The van der Waals surface area contributed by atoms with Crippen molar-refractivity contribution in [2.24, 2.45) is 0 Å². The van der Waals surface area contributed by atoms with Gasteiger partial charge in [0.15, 0.2) is 0 Å². The monoisotopic (exact) mass is 634 g/mol. The first-order valence-corrected chi connectivity index (χ1v) is 14.9. The summed E-state index contributed by atoms with van der Waals surface area (Å²) in [5.41, 5.74) is 4.76. The molecule has 0 bridgehead atoms. The van der Waals surface area contributed by atoms with E-state index in [4.69, 9.17) is 0 Å². The summed E-state index contributed by atoms with van der Waals surface area (Å²) in [6.45, 7) is 3.92. The number of carbonyl (C=O) groups excluding carboxylic acids is 2. The number of nitrogens with zero attached hydrogens (tertiary/aromatic N) is 2. The van der Waals surface area contributed by atoms with Crippen molar-refractivity contribution in [2.45, 2.75) is 25.7 Å². The maximum absolute atomic E-state index is 14.7. The van der Waals surface area contributed by atoms with Gasteiger partial charge in [-0.15, -0.1) is 22.7 Å². The standard InChI is InChI=1S/C32H22F4N4O2S2/c1-17-3-13-23-25(15-17)43-27(39-23)19-5-9-21(10-6-19)37-29(41)31(33,34)32(35,36)30(42)38-22-11-7-20(8-12-22)28-40-24-14-4-18(2)16-26(24)44-28/h3-16H,1-2H3,(H,37,41)(H,38,42). The molecule has 0 radical (unpaired) electrons. The van der Waals surface area contributed by atoms with E-state index in [1.165, 1.54) is 71.2 Å². The van der Waals surface area contributed by atoms with Gasteiger partial charge in [-0.2, -0.15) is 17.6 Å². The van der Waals surface area contributed by atoms with Crippen LogP contribution in [0.1, 0.15) is 11.1 Å². The summed E-state index contributed by atoms with van der Waals surface area (Å²) in [4.78, 5) is 33.7. The number of aromatic nitrogens is 2. The fraction of sp³-hybridized carbons (Fsp3) is 0.125. The molecule has 6 aromatic rings. The number of nitrogens with one attached hydrogen (secondary N) is 2. The van der Waals surface area contributed by atoms with Crippen LogP contribution in [-0.4, -0.2) is 33.6 Å². The first-order chi connectivity index (χ1) is 20.9. The maximum atomic E-state index is 14.7. The zero-order chi connectivity index (χ0) is 31.2. The number of alkyl halides is 4. The predicted octanol–water partition coefficient (Wildman–Crippen LogP) is 8.70. The van der Waals surface area contributed by atoms with Gasteiger partial charge in [-0.05, 0) is 97.8 Å². The SMILES string of the molecule is Cc1ccc2nc(-c3ccc(NC(=O)C(F)(F)C(F)(F)C(=O)Nc4ccc(-c5nc6ccc(C)cc6s5)cc4)cc3)sc2c1. The minimum Gasteiger partial charge on any atom is -0.321 e. The average molecular weight is 635 g/mol. The lowest BCUT2D eigenvalue weighted by atomic mass is 10.1. The van der Waals surface area contributed by atoms with Crippen LogP contribution < -0.4 is 10.6 Å². The van der Waals surface area contributed by atoms with Crippen LogP contribution >= 0.6 is 22.7 Å². The van der Waals surface area contributed by atoms with E-state index in [2.05, 4.69) is 9.97 Å². The van der Waals surface area contributed by atoms with E-state index in [-0.39, 0.29) is 11.4 Å². The molecule has 0 saturated heterocycles. The van der Waals surface area contributed by atoms with E-state index < -0.39 is 23.7 Å². The van der Waals surface area contributed by atoms with Crippen LogP contribution in [0.3, 0.4) is 0 Å². The van der Waals surface area contributed by atoms with Gasteiger partial charge in [0.2, 0.25) is 0 Å². The van der Waals surface area contributed by atoms with Gasteiger partial charge >= 0.3 is 23.7 Å². The van der Waals surface area contributed by atoms with Gasteiger partial charge in [-0.1, -0.05) is 12.1 Å². The van der Waals surface area contributed by atoms with Crippen molar-refractivity contribution in [3.63, 3.8) is 0 Å². The minimum atomic E-state index is -5.35. The number of hydrogen-bond donors (Lipinski definition) is 2. The second-order valence-corrected chi connectivity index (χ2v) is 12.3. The Balaban J connectivity index is 1.12. The van der Waals surface area contributed by atoms with Crippen molar-refractivity contribution in [3.05, 3.63) is 96.1 Å². The third-order valence-corrected chi connectivity index (χ3v) is 8.97. The predicted molar refractivity (Wildman–Crippen MR) is 167 cm³/mol. The van der Waals surface area contributed by atoms with Gasteiger partial charge in [-0.25, -0.2) is 9.97 Å². The van der Waals surface area contributed by atoms with Gasteiger partial charge in [-0.3, -0.25) is 9.59 Å². The normalized spacial score (nSPS) is 12.0. The molecule has 0 spiro atoms. The molecule has 4 aromatic carbocycles. The highest BCUT2D eigenvalue weighted by molar-refractivity contribution is 7.22. The molecule has 0 aliphatic heterocycles. The summed E-state index contributed by atoms with van der Waals surface area (Å²) in [7, 11) is 0. The number of hydrogen-bond acceptors (Lipinski definition) is 6. The molecule has 0 aliphatic rings. The number of halogens is 4. The lowest BCUT2D eigenvalue weighted by Crippen LogP contribution is -2.56. The summed E-state index contributed by atoms with van der Waals surface area (Å²) < 4.78 is 60.8. The number of benzene rings is 4. The van der Waals surface area contributed by atoms with Gasteiger partial charge in [0.1, 0.15) is 10.0 Å². The van der Waals surface area contributed by atoms with E-state index in [1.807, 2.05) is 50.2 Å². The third-order valence-electron chi connectivity index (χ3n) is 6.83. The molecule has 12 heteroatoms. The molecule has 0 unspecified atom stereocenters. The molecule has 2 amide bonds. The Morgan fingerprint density at radius 1 is 0.591 bits per heavy atom. The summed E-state index contributed by atoms with van der Waals surface area (Å²) in [5, 5.41) is 4.91. The van der Waals surface area contributed by atoms with E-state index in [0.717, 1.165) is 31.6 Å². The minimum absolute atomic E-state index is 0.146. The first-order valence-electron chi connectivity index (χ1n) is 13.2. The van der Waals surface area contributed by atoms with Gasteiger partial charge in [0.05, 0.1) is 20.4 Å². The average Bonchev–Trinajstić information content (AvgIpc) is 3.61. The maximum Gasteiger partial charge on any atom is 0.396 e. The third kappa shape index (κ3) is 5.53. The van der Waals surface area contributed by atoms with Gasteiger partial charge in [0, 0.05) is 22.5 Å². The fourth-order valence-corrected chi connectivity index (χ4v) is 6.55. The molecule has 0 aliphatic carbocycles. The number of amides is 2. The Bertz CT molecular complexity index is 1890. The Kier molecular flexibility index (Phi) is 7.42. The van der Waals surface area contributed by atoms with Crippen molar-refractivity contribution in [2.75, 3.05) is 10.6 Å². The van der Waals surface area contributed by atoms with Crippen LogP contribution in [0.15, 0.2) is 84.9 Å². The van der Waals surface area contributed by atoms with Crippen molar-refractivity contribution in [3.8, 4) is 21.1 Å². The van der Waals surface area contributed by atoms with Crippen molar-refractivity contribution in [1.29, 1.82) is 0 Å². The van der Waals surface area contributed by atoms with Gasteiger partial charge in [0.25, 0.3) is 0 Å². The number of fused-ring (bicyclic) bond motifs is 2. The molecule has 0 atom stereocenters. The lowest BCUT2D eigenvalue weighted by molar-refractivity contribution is -0.204. The molecule has 2 heterocycles. The first kappa shape index (κ1) is 29.4. The highest BCUT2D eigenvalue weighted by Gasteiger charge is 2.67. The summed E-state index contributed by atoms with van der Waals surface area (Å²) in [6.07, 6.45) is 0. The topological polar surface area (TPSA) is 84.0 Å². The van der Waals surface area contributed by atoms with Crippen molar-refractivity contribution < 1.29 is 27.2 Å². The van der Waals surface area contributed by atoms with E-state index in [0.29, 0.717) is 21.1 Å². The molecule has 6 nitrogen and oxygen atoms in total. The summed E-state index contributed by atoms with van der Waals surface area (Å²) >= 11 is 2.86. The largest absolute Gasteiger partial charge is 0.396 e. The molecule has 222 valence electrons. The Morgan fingerprint density at radius 3 is 1.32 bits per heavy atom. The number of rotatable bonds is 7. The van der Waals surface area contributed by atoms with E-state index >= 15 is 0 Å². The smallest absolute Gasteiger partial charge is 0.321 e. The van der Waals surface area contributed by atoms with E-state index in [1.54, 1.807) is 10.6 Å². The Labute approximate surface area is 256 Å². The second-order valence-electron chi connectivity index (χ2n) is 10.2. The second kappa shape index (κ2) is 11.1. The quantitative estimate of drug-likeness (QED) is 0.172. The summed E-state index contributed by atoms with van der Waals surface area (Å²) in [6, 6.07) is 22.9. The molecule has 0 fully saturated rings. The number of thiazole rings is 2. The van der Waals surface area contributed by atoms with E-state index in [9.17, 15) is 27.2 Å². The number of anilines is 2. The van der Waals surface area contributed by atoms with Crippen LogP contribution in [0, 0.1) is 13.8 Å². The zero-order valence-electron chi connectivity index (χ0n) is 23.1. The highest BCUT2D eigenvalue weighted by Crippen LogP contribution is 2.38. The molecular formula is C32H22F4N4O2S2. The molecule has 2 aromatic heterocycles. The number of carbonyl (C=O) groups is 2. The molecular weight excluding hydrogens is 613 g/mol. The lowest BCUT2D eigenvalue weighted by Gasteiger charge is -2.24. The Morgan fingerprint density at radius 2 is 0.955 bits per heavy atom. The van der Waals surface area contributed by atoms with Crippen LogP contribution in [0.2, 0.25) is 0 Å². The van der Waals surface area contributed by atoms with Crippen molar-refractivity contribution >= 4 is 66.3 Å². The van der Waals surface area contributed by atoms with Crippen LogP contribution in [0.4, 0.5) is 28.9 Å². The van der Waals surface area contributed by atoms with Crippen molar-refractivity contribution in [1.82, 2.24) is 9.97 Å². The summed E-state index contributed by atoms with van der Waals surface area (Å²) in [5.74, 6) is -15.3.